The van der Waals surface area contributed by atoms with E-state index in [4.69, 9.17) is 61.0 Å². The molecule has 0 spiro atoms. The molecule has 0 radical (unpaired) electrons. The van der Waals surface area contributed by atoms with Crippen LogP contribution < -0.4 is 27.0 Å². The van der Waals surface area contributed by atoms with Crippen molar-refractivity contribution in [3.8, 4) is 11.3 Å². The minimum Gasteiger partial charge on any atom is -0.379 e. The predicted octanol–water partition coefficient (Wildman–Crippen LogP) is 2.52. The number of amides is 2. The van der Waals surface area contributed by atoms with Gasteiger partial charge in [-0.15, -0.1) is 0 Å². The molecule has 1 aromatic heterocycles. The zero-order valence-corrected chi connectivity index (χ0v) is 38.9. The van der Waals surface area contributed by atoms with Gasteiger partial charge in [-0.05, 0) is 30.3 Å². The summed E-state index contributed by atoms with van der Waals surface area (Å²) < 4.78 is 44.7. The van der Waals surface area contributed by atoms with Crippen LogP contribution in [0.2, 0.25) is 5.02 Å². The van der Waals surface area contributed by atoms with E-state index in [1.807, 2.05) is 24.3 Å². The summed E-state index contributed by atoms with van der Waals surface area (Å²) in [5.41, 5.74) is 14.7. The van der Waals surface area contributed by atoms with Crippen LogP contribution in [0.1, 0.15) is 12.8 Å². The maximum Gasteiger partial charge on any atom is 0.253 e. The molecule has 19 nitrogen and oxygen atoms in total. The van der Waals surface area contributed by atoms with Gasteiger partial charge in [0.15, 0.2) is 5.96 Å². The van der Waals surface area contributed by atoms with E-state index in [-0.39, 0.29) is 30.1 Å². The average molecular weight is 1020 g/mol. The molecule has 1 aliphatic heterocycles. The lowest BCUT2D eigenvalue weighted by Crippen LogP contribution is -2.47. The molecule has 2 heterocycles. The van der Waals surface area contributed by atoms with E-state index >= 15 is 0 Å². The number of alkyl halides is 1. The number of hydrogen-bond donors (Lipinski definition) is 4. The van der Waals surface area contributed by atoms with Gasteiger partial charge in [0.05, 0.1) is 121 Å². The summed E-state index contributed by atoms with van der Waals surface area (Å²) in [6.45, 7) is 12.2. The van der Waals surface area contributed by atoms with E-state index in [9.17, 15) is 9.59 Å². The number of anilines is 1. The quantitative estimate of drug-likeness (QED) is 0.0168. The van der Waals surface area contributed by atoms with Crippen LogP contribution in [0.4, 0.5) is 11.6 Å². The van der Waals surface area contributed by atoms with Crippen molar-refractivity contribution >= 4 is 74.5 Å². The SMILES string of the molecule is NC(N)=Nc1nc(-c2ccc(N3CCN(CCOCCOCCOCCNC(=O)CCOCCOCCOCCOCCOCCC(=O)NCI)CC3)cc2)c2cc(Cl)ccc2n1. The Labute approximate surface area is 388 Å². The number of nitrogens with zero attached hydrogens (tertiary/aromatic N) is 5. The van der Waals surface area contributed by atoms with Crippen LogP contribution >= 0.6 is 34.2 Å². The van der Waals surface area contributed by atoms with Gasteiger partial charge < -0.3 is 64.9 Å². The number of piperazine rings is 1. The van der Waals surface area contributed by atoms with E-state index in [1.54, 1.807) is 6.07 Å². The molecule has 63 heavy (non-hydrogen) atoms. The van der Waals surface area contributed by atoms with E-state index in [1.165, 1.54) is 0 Å². The topological polar surface area (TPSA) is 229 Å². The molecule has 0 unspecified atom stereocenters. The summed E-state index contributed by atoms with van der Waals surface area (Å²) in [5, 5.41) is 6.94. The highest BCUT2D eigenvalue weighted by Gasteiger charge is 2.18. The molecule has 0 saturated carbocycles. The number of rotatable bonds is 34. The van der Waals surface area contributed by atoms with Crippen molar-refractivity contribution in [3.05, 3.63) is 47.5 Å². The second-order valence-electron chi connectivity index (χ2n) is 13.9. The molecular formula is C42H63ClIN9O10. The smallest absolute Gasteiger partial charge is 0.253 e. The summed E-state index contributed by atoms with van der Waals surface area (Å²) in [6, 6.07) is 13.8. The lowest BCUT2D eigenvalue weighted by molar-refractivity contribution is -0.123. The van der Waals surface area contributed by atoms with Crippen molar-refractivity contribution in [1.82, 2.24) is 25.5 Å². The zero-order valence-electron chi connectivity index (χ0n) is 35.9. The largest absolute Gasteiger partial charge is 0.379 e. The Balaban J connectivity index is 0.891. The van der Waals surface area contributed by atoms with E-state index in [0.717, 1.165) is 49.4 Å². The Morgan fingerprint density at radius 1 is 0.651 bits per heavy atom. The van der Waals surface area contributed by atoms with Crippen LogP contribution in [0.3, 0.4) is 0 Å². The minimum atomic E-state index is -0.107. The number of ether oxygens (including phenoxy) is 8. The summed E-state index contributed by atoms with van der Waals surface area (Å²) in [5.74, 6) is -0.0258. The summed E-state index contributed by atoms with van der Waals surface area (Å²) >= 11 is 8.38. The zero-order chi connectivity index (χ0) is 44.7. The Hall–Kier alpha value is -3.55. The first-order valence-corrected chi connectivity index (χ1v) is 23.1. The first kappa shape index (κ1) is 52.1. The first-order valence-electron chi connectivity index (χ1n) is 21.2. The summed E-state index contributed by atoms with van der Waals surface area (Å²) in [6.07, 6.45) is 0.613. The molecule has 4 rings (SSSR count). The number of halogens is 2. The maximum absolute atomic E-state index is 12.0. The fourth-order valence-corrected chi connectivity index (χ4v) is 6.69. The number of nitrogens with two attached hydrogens (primary N) is 2. The highest BCUT2D eigenvalue weighted by atomic mass is 127. The van der Waals surface area contributed by atoms with Crippen LogP contribution in [0.25, 0.3) is 22.2 Å². The molecule has 0 bridgehead atoms. The van der Waals surface area contributed by atoms with Crippen molar-refractivity contribution in [2.24, 2.45) is 16.5 Å². The Morgan fingerprint density at radius 3 is 1.70 bits per heavy atom. The maximum atomic E-state index is 12.0. The molecule has 2 aromatic carbocycles. The summed E-state index contributed by atoms with van der Waals surface area (Å²) in [4.78, 5) is 41.2. The molecule has 2 amide bonds. The molecule has 0 aliphatic carbocycles. The predicted molar refractivity (Wildman–Crippen MR) is 250 cm³/mol. The Bertz CT molecular complexity index is 1770. The lowest BCUT2D eigenvalue weighted by atomic mass is 10.1. The number of fused-ring (bicyclic) bond motifs is 1. The summed E-state index contributed by atoms with van der Waals surface area (Å²) in [7, 11) is 0. The van der Waals surface area contributed by atoms with Gasteiger partial charge in [-0.1, -0.05) is 46.3 Å². The average Bonchev–Trinajstić information content (AvgIpc) is 3.28. The van der Waals surface area contributed by atoms with Gasteiger partial charge in [-0.2, -0.15) is 4.99 Å². The highest BCUT2D eigenvalue weighted by Crippen LogP contribution is 2.31. The Kier molecular flexibility index (Phi) is 26.6. The van der Waals surface area contributed by atoms with Gasteiger partial charge in [0.25, 0.3) is 5.95 Å². The van der Waals surface area contributed by atoms with Gasteiger partial charge in [0.1, 0.15) is 0 Å². The fourth-order valence-electron chi connectivity index (χ4n) is 6.09. The third kappa shape index (κ3) is 22.3. The number of carbonyl (C=O) groups is 2. The minimum absolute atomic E-state index is 0.0208. The molecule has 1 saturated heterocycles. The highest BCUT2D eigenvalue weighted by molar-refractivity contribution is 14.1. The number of aliphatic imine (C=N–C) groups is 1. The number of guanidine groups is 1. The molecule has 350 valence electrons. The van der Waals surface area contributed by atoms with Crippen molar-refractivity contribution in [3.63, 3.8) is 0 Å². The van der Waals surface area contributed by atoms with Gasteiger partial charge >= 0.3 is 0 Å². The molecule has 1 fully saturated rings. The number of carbonyl (C=O) groups excluding carboxylic acids is 2. The van der Waals surface area contributed by atoms with Gasteiger partial charge in [-0.3, -0.25) is 14.5 Å². The molecule has 1 aliphatic rings. The normalized spacial score (nSPS) is 13.1. The van der Waals surface area contributed by atoms with Crippen LogP contribution in [-0.2, 0) is 47.5 Å². The van der Waals surface area contributed by atoms with Gasteiger partial charge in [-0.25, -0.2) is 9.97 Å². The van der Waals surface area contributed by atoms with Crippen LogP contribution in [0.5, 0.6) is 0 Å². The lowest BCUT2D eigenvalue weighted by Gasteiger charge is -2.36. The van der Waals surface area contributed by atoms with Crippen molar-refractivity contribution in [2.45, 2.75) is 12.8 Å². The van der Waals surface area contributed by atoms with Crippen LogP contribution in [0.15, 0.2) is 47.5 Å². The van der Waals surface area contributed by atoms with Crippen molar-refractivity contribution in [2.75, 3.05) is 154 Å². The molecule has 6 N–H and O–H groups in total. The number of hydrogen-bond acceptors (Lipinski definition) is 15. The second-order valence-corrected chi connectivity index (χ2v) is 15.1. The van der Waals surface area contributed by atoms with Crippen molar-refractivity contribution < 1.29 is 47.5 Å². The van der Waals surface area contributed by atoms with Crippen LogP contribution in [-0.4, -0.2) is 182 Å². The molecule has 3 aromatic rings. The number of aromatic nitrogens is 2. The molecule has 21 heteroatoms. The standard InChI is InChI=1S/C42H63ClIN9O10/c43-34-3-6-37-36(31-34)40(50-42(49-37)51-41(45)46)33-1-4-35(5-2-33)53-12-10-52(11-13-53)14-18-59-22-26-62-25-21-58-17-9-47-38(54)7-15-56-19-23-60-27-29-63-30-28-61-24-20-57-16-8-39(55)48-32-44/h1-6,31H,7-30,32H2,(H,47,54)(H,48,55)(H4,45,46,49,50,51). The number of benzene rings is 2. The first-order chi connectivity index (χ1) is 30.8. The van der Waals surface area contributed by atoms with E-state index < -0.39 is 0 Å². The second kappa shape index (κ2) is 32.2. The fraction of sp³-hybridized carbons (Fsp3) is 0.595. The van der Waals surface area contributed by atoms with Gasteiger partial charge in [0.2, 0.25) is 11.8 Å². The van der Waals surface area contributed by atoms with Crippen LogP contribution in [0, 0.1) is 0 Å². The third-order valence-electron chi connectivity index (χ3n) is 9.32. The number of nitrogens with one attached hydrogen (secondary N) is 2. The Morgan fingerprint density at radius 2 is 1.16 bits per heavy atom. The van der Waals surface area contributed by atoms with E-state index in [2.05, 4.69) is 70.1 Å². The molecular weight excluding hydrogens is 953 g/mol. The third-order valence-corrected chi connectivity index (χ3v) is 9.93. The van der Waals surface area contributed by atoms with E-state index in [0.29, 0.717) is 139 Å². The van der Waals surface area contributed by atoms with Gasteiger partial charge in [0, 0.05) is 73.8 Å². The molecule has 0 atom stereocenters. The monoisotopic (exact) mass is 1020 g/mol. The van der Waals surface area contributed by atoms with Crippen molar-refractivity contribution in [1.29, 1.82) is 0 Å².